The summed E-state index contributed by atoms with van der Waals surface area (Å²) in [6.45, 7) is 8.79. The van der Waals surface area contributed by atoms with Gasteiger partial charge >= 0.3 is 0 Å². The minimum atomic E-state index is 0.147. The Hall–Kier alpha value is -1.28. The molecule has 0 aliphatic rings. The van der Waals surface area contributed by atoms with Gasteiger partial charge in [0.2, 0.25) is 0 Å². The SMILES string of the molecule is Cc1cc2ccccc2nc1NC(CCCl)C(C)(C)C. The molecule has 3 heteroatoms. The second-order valence-electron chi connectivity index (χ2n) is 6.39. The molecule has 2 rings (SSSR count). The summed E-state index contributed by atoms with van der Waals surface area (Å²) in [5, 5.41) is 4.77. The number of rotatable bonds is 4. The lowest BCUT2D eigenvalue weighted by Crippen LogP contribution is -2.35. The van der Waals surface area contributed by atoms with Gasteiger partial charge in [0.05, 0.1) is 5.52 Å². The van der Waals surface area contributed by atoms with Crippen molar-refractivity contribution in [1.82, 2.24) is 4.98 Å². The van der Waals surface area contributed by atoms with Crippen molar-refractivity contribution >= 4 is 28.3 Å². The van der Waals surface area contributed by atoms with Crippen LogP contribution in [0.5, 0.6) is 0 Å². The molecule has 0 aliphatic carbocycles. The zero-order chi connectivity index (χ0) is 14.8. The van der Waals surface area contributed by atoms with Gasteiger partial charge in [0.15, 0.2) is 0 Å². The summed E-state index contributed by atoms with van der Waals surface area (Å²) in [6, 6.07) is 10.7. The normalized spacial score (nSPS) is 13.4. The highest BCUT2D eigenvalue weighted by atomic mass is 35.5. The number of para-hydroxylation sites is 1. The number of hydrogen-bond acceptors (Lipinski definition) is 2. The van der Waals surface area contributed by atoms with E-state index in [1.54, 1.807) is 0 Å². The van der Waals surface area contributed by atoms with Crippen LogP contribution in [0.25, 0.3) is 10.9 Å². The van der Waals surface area contributed by atoms with Crippen molar-refractivity contribution in [1.29, 1.82) is 0 Å². The Bertz CT molecular complexity index is 587. The van der Waals surface area contributed by atoms with Crippen molar-refractivity contribution in [3.05, 3.63) is 35.9 Å². The van der Waals surface area contributed by atoms with Crippen LogP contribution in [0, 0.1) is 12.3 Å². The molecular weight excluding hydrogens is 268 g/mol. The second-order valence-corrected chi connectivity index (χ2v) is 6.77. The van der Waals surface area contributed by atoms with Crippen LogP contribution in [0.15, 0.2) is 30.3 Å². The van der Waals surface area contributed by atoms with Crippen molar-refractivity contribution < 1.29 is 0 Å². The number of pyridine rings is 1. The van der Waals surface area contributed by atoms with Gasteiger partial charge in [-0.3, -0.25) is 0 Å². The van der Waals surface area contributed by atoms with Crippen LogP contribution in [0.2, 0.25) is 0 Å². The van der Waals surface area contributed by atoms with Gasteiger partial charge in [-0.05, 0) is 36.5 Å². The molecule has 20 heavy (non-hydrogen) atoms. The quantitative estimate of drug-likeness (QED) is 0.802. The summed E-state index contributed by atoms with van der Waals surface area (Å²) >= 11 is 5.94. The number of nitrogens with one attached hydrogen (secondary N) is 1. The highest BCUT2D eigenvalue weighted by Gasteiger charge is 2.24. The van der Waals surface area contributed by atoms with Gasteiger partial charge in [-0.15, -0.1) is 11.6 Å². The predicted molar refractivity (Wildman–Crippen MR) is 88.7 cm³/mol. The maximum absolute atomic E-state index is 5.94. The average Bonchev–Trinajstić information content (AvgIpc) is 2.37. The fourth-order valence-corrected chi connectivity index (χ4v) is 2.58. The Morgan fingerprint density at radius 2 is 1.95 bits per heavy atom. The van der Waals surface area contributed by atoms with Crippen LogP contribution < -0.4 is 5.32 Å². The fourth-order valence-electron chi connectivity index (χ4n) is 2.36. The number of benzene rings is 1. The van der Waals surface area contributed by atoms with Crippen molar-refractivity contribution in [2.24, 2.45) is 5.41 Å². The van der Waals surface area contributed by atoms with E-state index < -0.39 is 0 Å². The van der Waals surface area contributed by atoms with Crippen LogP contribution in [-0.4, -0.2) is 16.9 Å². The van der Waals surface area contributed by atoms with Crippen LogP contribution >= 0.6 is 11.6 Å². The van der Waals surface area contributed by atoms with E-state index >= 15 is 0 Å². The molecule has 1 N–H and O–H groups in total. The van der Waals surface area contributed by atoms with Crippen molar-refractivity contribution in [2.75, 3.05) is 11.2 Å². The van der Waals surface area contributed by atoms with E-state index in [1.807, 2.05) is 18.2 Å². The number of halogens is 1. The maximum Gasteiger partial charge on any atom is 0.129 e. The molecule has 0 spiro atoms. The Kier molecular flexibility index (Phi) is 4.54. The zero-order valence-electron chi connectivity index (χ0n) is 12.7. The zero-order valence-corrected chi connectivity index (χ0v) is 13.5. The molecule has 0 saturated heterocycles. The van der Waals surface area contributed by atoms with Crippen molar-refractivity contribution in [2.45, 2.75) is 40.2 Å². The van der Waals surface area contributed by atoms with E-state index in [2.05, 4.69) is 45.1 Å². The third-order valence-electron chi connectivity index (χ3n) is 3.67. The summed E-state index contributed by atoms with van der Waals surface area (Å²) in [7, 11) is 0. The molecule has 0 fully saturated rings. The summed E-state index contributed by atoms with van der Waals surface area (Å²) in [4.78, 5) is 4.76. The van der Waals surface area contributed by atoms with Crippen LogP contribution in [0.1, 0.15) is 32.8 Å². The number of anilines is 1. The van der Waals surface area contributed by atoms with Crippen molar-refractivity contribution in [3.8, 4) is 0 Å². The standard InChI is InChI=1S/C17H23ClN2/c1-12-11-13-7-5-6-8-14(13)19-16(12)20-15(9-10-18)17(2,3)4/h5-8,11,15H,9-10H2,1-4H3,(H,19,20). The Morgan fingerprint density at radius 3 is 2.60 bits per heavy atom. The lowest BCUT2D eigenvalue weighted by Gasteiger charge is -2.32. The van der Waals surface area contributed by atoms with Crippen LogP contribution in [0.4, 0.5) is 5.82 Å². The Morgan fingerprint density at radius 1 is 1.25 bits per heavy atom. The molecule has 1 aromatic carbocycles. The molecule has 0 radical (unpaired) electrons. The molecule has 0 bridgehead atoms. The predicted octanol–water partition coefficient (Wildman–Crippen LogP) is 5.00. The third-order valence-corrected chi connectivity index (χ3v) is 3.89. The second kappa shape index (κ2) is 6.01. The van der Waals surface area contributed by atoms with Crippen molar-refractivity contribution in [3.63, 3.8) is 0 Å². The van der Waals surface area contributed by atoms with Gasteiger partial charge in [-0.2, -0.15) is 0 Å². The highest BCUT2D eigenvalue weighted by Crippen LogP contribution is 2.28. The molecule has 108 valence electrons. The average molecular weight is 291 g/mol. The molecule has 0 amide bonds. The maximum atomic E-state index is 5.94. The number of nitrogens with zero attached hydrogens (tertiary/aromatic N) is 1. The molecule has 1 heterocycles. The lowest BCUT2D eigenvalue weighted by atomic mass is 9.85. The van der Waals surface area contributed by atoms with E-state index in [4.69, 9.17) is 16.6 Å². The summed E-state index contributed by atoms with van der Waals surface area (Å²) in [5.74, 6) is 1.62. The first kappa shape index (κ1) is 15.1. The largest absolute Gasteiger partial charge is 0.367 e. The Labute approximate surface area is 126 Å². The van der Waals surface area contributed by atoms with E-state index in [0.717, 1.165) is 17.8 Å². The summed E-state index contributed by atoms with van der Waals surface area (Å²) in [5.41, 5.74) is 2.35. The number of aromatic nitrogens is 1. The Balaban J connectivity index is 2.34. The topological polar surface area (TPSA) is 24.9 Å². The molecule has 2 aromatic rings. The van der Waals surface area contributed by atoms with Gasteiger partial charge in [0.1, 0.15) is 5.82 Å². The molecule has 0 aliphatic heterocycles. The number of hydrogen-bond donors (Lipinski definition) is 1. The lowest BCUT2D eigenvalue weighted by molar-refractivity contribution is 0.334. The third kappa shape index (κ3) is 3.43. The van der Waals surface area contributed by atoms with Gasteiger partial charge in [-0.1, -0.05) is 39.0 Å². The number of aryl methyl sites for hydroxylation is 1. The summed E-state index contributed by atoms with van der Waals surface area (Å²) in [6.07, 6.45) is 0.930. The van der Waals surface area contributed by atoms with Gasteiger partial charge in [-0.25, -0.2) is 4.98 Å². The van der Waals surface area contributed by atoms with E-state index in [-0.39, 0.29) is 5.41 Å². The van der Waals surface area contributed by atoms with Gasteiger partial charge in [0, 0.05) is 17.3 Å². The first-order chi connectivity index (χ1) is 9.41. The van der Waals surface area contributed by atoms with E-state index in [9.17, 15) is 0 Å². The van der Waals surface area contributed by atoms with E-state index in [1.165, 1.54) is 10.9 Å². The molecule has 2 nitrogen and oxygen atoms in total. The molecular formula is C17H23ClN2. The van der Waals surface area contributed by atoms with E-state index in [0.29, 0.717) is 11.9 Å². The first-order valence-corrected chi connectivity index (χ1v) is 7.64. The number of fused-ring (bicyclic) bond motifs is 1. The minimum absolute atomic E-state index is 0.147. The molecule has 1 unspecified atom stereocenters. The molecule has 0 saturated carbocycles. The highest BCUT2D eigenvalue weighted by molar-refractivity contribution is 6.17. The monoisotopic (exact) mass is 290 g/mol. The van der Waals surface area contributed by atoms with Gasteiger partial charge in [0.25, 0.3) is 0 Å². The number of alkyl halides is 1. The summed E-state index contributed by atoms with van der Waals surface area (Å²) < 4.78 is 0. The first-order valence-electron chi connectivity index (χ1n) is 7.10. The molecule has 1 atom stereocenters. The van der Waals surface area contributed by atoms with Gasteiger partial charge < -0.3 is 5.32 Å². The van der Waals surface area contributed by atoms with Crippen LogP contribution in [0.3, 0.4) is 0 Å². The smallest absolute Gasteiger partial charge is 0.129 e. The van der Waals surface area contributed by atoms with Crippen LogP contribution in [-0.2, 0) is 0 Å². The molecule has 1 aromatic heterocycles. The fraction of sp³-hybridized carbons (Fsp3) is 0.471. The minimum Gasteiger partial charge on any atom is -0.367 e.